The number of esters is 1. The van der Waals surface area contributed by atoms with Crippen LogP contribution in [0.3, 0.4) is 0 Å². The lowest BCUT2D eigenvalue weighted by Gasteiger charge is -2.30. The van der Waals surface area contributed by atoms with Crippen LogP contribution in [0, 0.1) is 29.2 Å². The first kappa shape index (κ1) is 25.5. The molecule has 0 aromatic heterocycles. The predicted octanol–water partition coefficient (Wildman–Crippen LogP) is 6.80. The maximum absolute atomic E-state index is 15.1. The zero-order valence-corrected chi connectivity index (χ0v) is 19.9. The van der Waals surface area contributed by atoms with E-state index in [0.717, 1.165) is 31.7 Å². The van der Waals surface area contributed by atoms with Gasteiger partial charge in [-0.3, -0.25) is 4.79 Å². The van der Waals surface area contributed by atoms with E-state index in [2.05, 4.69) is 0 Å². The fourth-order valence-corrected chi connectivity index (χ4v) is 5.40. The van der Waals surface area contributed by atoms with Crippen LogP contribution in [0.5, 0.6) is 11.5 Å². The molecule has 0 amide bonds. The van der Waals surface area contributed by atoms with Gasteiger partial charge in [-0.25, -0.2) is 8.78 Å². The lowest BCUT2D eigenvalue weighted by molar-refractivity contribution is -0.140. The summed E-state index contributed by atoms with van der Waals surface area (Å²) >= 11 is 0. The van der Waals surface area contributed by atoms with Gasteiger partial charge in [0.2, 0.25) is 11.6 Å². The molecule has 2 aliphatic carbocycles. The van der Waals surface area contributed by atoms with E-state index in [1.807, 2.05) is 0 Å². The van der Waals surface area contributed by atoms with E-state index in [9.17, 15) is 18.0 Å². The smallest absolute Gasteiger partial charge is 0.314 e. The summed E-state index contributed by atoms with van der Waals surface area (Å²) in [6.07, 6.45) is 5.07. The standard InChI is InChI=1S/C27H30F4O4/c1-33-18-9-7-16(8-10-18)20-12-11-19(23(28)24(20)29)15-3-5-17(6-4-15)27(32)35-22-14-13-21(34-2)25(30)26(22)31/h11-18H,3-10H2,1-2H3. The number of rotatable bonds is 6. The molecule has 4 rings (SSSR count). The highest BCUT2D eigenvalue weighted by atomic mass is 19.2. The Morgan fingerprint density at radius 2 is 1.17 bits per heavy atom. The molecule has 2 fully saturated rings. The summed E-state index contributed by atoms with van der Waals surface area (Å²) in [6, 6.07) is 5.70. The van der Waals surface area contributed by atoms with Crippen molar-refractivity contribution < 1.29 is 36.6 Å². The Bertz CT molecular complexity index is 1060. The van der Waals surface area contributed by atoms with Crippen LogP contribution in [0.1, 0.15) is 74.3 Å². The first-order valence-electron chi connectivity index (χ1n) is 12.1. The first-order valence-corrected chi connectivity index (χ1v) is 12.1. The molecular formula is C27H30F4O4. The fourth-order valence-electron chi connectivity index (χ4n) is 5.40. The molecular weight excluding hydrogens is 464 g/mol. The molecule has 35 heavy (non-hydrogen) atoms. The molecule has 190 valence electrons. The van der Waals surface area contributed by atoms with Crippen molar-refractivity contribution in [3.05, 3.63) is 58.7 Å². The minimum atomic E-state index is -1.29. The Labute approximate surface area is 202 Å². The Morgan fingerprint density at radius 3 is 1.69 bits per heavy atom. The molecule has 2 aromatic rings. The summed E-state index contributed by atoms with van der Waals surface area (Å²) in [4.78, 5) is 12.5. The molecule has 0 radical (unpaired) electrons. The molecule has 2 aromatic carbocycles. The van der Waals surface area contributed by atoms with E-state index in [0.29, 0.717) is 36.8 Å². The van der Waals surface area contributed by atoms with Crippen LogP contribution in [0.2, 0.25) is 0 Å². The largest absolute Gasteiger partial charge is 0.494 e. The summed E-state index contributed by atoms with van der Waals surface area (Å²) in [5, 5.41) is 0. The van der Waals surface area contributed by atoms with Crippen molar-refractivity contribution in [1.29, 1.82) is 0 Å². The summed E-state index contributed by atoms with van der Waals surface area (Å²) < 4.78 is 73.2. The SMILES string of the molecule is COc1ccc(OC(=O)C2CCC(c3ccc(C4CCC(OC)CC4)c(F)c3F)CC2)c(F)c1F. The van der Waals surface area contributed by atoms with Gasteiger partial charge in [-0.2, -0.15) is 8.78 Å². The van der Waals surface area contributed by atoms with E-state index < -0.39 is 40.9 Å². The molecule has 0 atom stereocenters. The number of carbonyl (C=O) groups excluding carboxylic acids is 1. The number of methoxy groups -OCH3 is 2. The molecule has 0 saturated heterocycles. The maximum atomic E-state index is 15.1. The van der Waals surface area contributed by atoms with Crippen LogP contribution in [0.4, 0.5) is 17.6 Å². The fraction of sp³-hybridized carbons (Fsp3) is 0.519. The molecule has 8 heteroatoms. The Balaban J connectivity index is 1.37. The highest BCUT2D eigenvalue weighted by Gasteiger charge is 2.32. The molecule has 2 saturated carbocycles. The predicted molar refractivity (Wildman–Crippen MR) is 122 cm³/mol. The summed E-state index contributed by atoms with van der Waals surface area (Å²) in [5.41, 5.74) is 0.749. The lowest BCUT2D eigenvalue weighted by Crippen LogP contribution is -2.26. The number of hydrogen-bond donors (Lipinski definition) is 0. The Kier molecular flexibility index (Phi) is 7.99. The zero-order valence-electron chi connectivity index (χ0n) is 19.9. The van der Waals surface area contributed by atoms with Gasteiger partial charge in [0.15, 0.2) is 23.1 Å². The Morgan fingerprint density at radius 1 is 0.686 bits per heavy atom. The molecule has 0 spiro atoms. The van der Waals surface area contributed by atoms with E-state index in [1.54, 1.807) is 19.2 Å². The third kappa shape index (κ3) is 5.32. The van der Waals surface area contributed by atoms with Crippen molar-refractivity contribution in [2.24, 2.45) is 5.92 Å². The zero-order chi connectivity index (χ0) is 25.1. The number of halogens is 4. The van der Waals surface area contributed by atoms with Crippen LogP contribution >= 0.6 is 0 Å². The van der Waals surface area contributed by atoms with Gasteiger partial charge < -0.3 is 14.2 Å². The third-order valence-corrected chi connectivity index (χ3v) is 7.53. The topological polar surface area (TPSA) is 44.8 Å². The Hall–Kier alpha value is -2.61. The average Bonchev–Trinajstić information content (AvgIpc) is 2.88. The van der Waals surface area contributed by atoms with Gasteiger partial charge in [0.25, 0.3) is 0 Å². The second-order valence-electron chi connectivity index (χ2n) is 9.44. The average molecular weight is 495 g/mol. The monoisotopic (exact) mass is 494 g/mol. The summed E-state index contributed by atoms with van der Waals surface area (Å²) in [6.45, 7) is 0. The summed E-state index contributed by atoms with van der Waals surface area (Å²) in [5.74, 6) is -6.32. The van der Waals surface area contributed by atoms with Crippen molar-refractivity contribution in [3.8, 4) is 11.5 Å². The number of hydrogen-bond acceptors (Lipinski definition) is 4. The molecule has 0 heterocycles. The van der Waals surface area contributed by atoms with Gasteiger partial charge in [-0.15, -0.1) is 0 Å². The molecule has 0 bridgehead atoms. The van der Waals surface area contributed by atoms with Crippen LogP contribution in [0.15, 0.2) is 24.3 Å². The second-order valence-corrected chi connectivity index (χ2v) is 9.44. The number of benzene rings is 2. The maximum Gasteiger partial charge on any atom is 0.314 e. The van der Waals surface area contributed by atoms with Crippen LogP contribution in [-0.4, -0.2) is 26.3 Å². The van der Waals surface area contributed by atoms with Gasteiger partial charge >= 0.3 is 5.97 Å². The highest BCUT2D eigenvalue weighted by Crippen LogP contribution is 2.41. The van der Waals surface area contributed by atoms with Gasteiger partial charge in [-0.1, -0.05) is 12.1 Å². The minimum absolute atomic E-state index is 0.0151. The van der Waals surface area contributed by atoms with Crippen LogP contribution < -0.4 is 9.47 Å². The number of ether oxygens (including phenoxy) is 3. The van der Waals surface area contributed by atoms with Crippen molar-refractivity contribution in [2.45, 2.75) is 69.3 Å². The van der Waals surface area contributed by atoms with E-state index >= 15 is 4.39 Å². The van der Waals surface area contributed by atoms with Crippen LogP contribution in [0.25, 0.3) is 0 Å². The third-order valence-electron chi connectivity index (χ3n) is 7.53. The molecule has 0 aliphatic heterocycles. The van der Waals surface area contributed by atoms with E-state index in [1.165, 1.54) is 13.2 Å². The van der Waals surface area contributed by atoms with E-state index in [4.69, 9.17) is 14.2 Å². The van der Waals surface area contributed by atoms with Gasteiger partial charge in [-0.05, 0) is 86.5 Å². The summed E-state index contributed by atoms with van der Waals surface area (Å²) in [7, 11) is 2.88. The van der Waals surface area contributed by atoms with Crippen molar-refractivity contribution >= 4 is 5.97 Å². The number of carbonyl (C=O) groups is 1. The van der Waals surface area contributed by atoms with Gasteiger partial charge in [0, 0.05) is 7.11 Å². The second kappa shape index (κ2) is 11.0. The first-order chi connectivity index (χ1) is 16.8. The highest BCUT2D eigenvalue weighted by molar-refractivity contribution is 5.75. The molecule has 2 aliphatic rings. The lowest BCUT2D eigenvalue weighted by atomic mass is 9.77. The quantitative estimate of drug-likeness (QED) is 0.252. The molecule has 0 unspecified atom stereocenters. The van der Waals surface area contributed by atoms with Gasteiger partial charge in [0.05, 0.1) is 19.1 Å². The van der Waals surface area contributed by atoms with Crippen molar-refractivity contribution in [1.82, 2.24) is 0 Å². The van der Waals surface area contributed by atoms with Gasteiger partial charge in [0.1, 0.15) is 0 Å². The molecule has 0 N–H and O–H groups in total. The normalized spacial score (nSPS) is 24.7. The van der Waals surface area contributed by atoms with E-state index in [-0.39, 0.29) is 23.7 Å². The molecule has 4 nitrogen and oxygen atoms in total. The van der Waals surface area contributed by atoms with Crippen LogP contribution in [-0.2, 0) is 9.53 Å². The van der Waals surface area contributed by atoms with Crippen molar-refractivity contribution in [2.75, 3.05) is 14.2 Å². The minimum Gasteiger partial charge on any atom is -0.494 e. The van der Waals surface area contributed by atoms with Crippen molar-refractivity contribution in [3.63, 3.8) is 0 Å².